The van der Waals surface area contributed by atoms with Crippen molar-refractivity contribution in [2.75, 3.05) is 0 Å². The van der Waals surface area contributed by atoms with Crippen molar-refractivity contribution in [3.8, 4) is 0 Å². The van der Waals surface area contributed by atoms with Crippen LogP contribution in [0.2, 0.25) is 0 Å². The molecule has 1 aromatic carbocycles. The SMILES string of the molecule is CCCc1nc(CN2C(=O)NC(C)(c3ccc4c(c3)CCC4)C2=O)no1. The minimum absolute atomic E-state index is 0.0123. The Kier molecular flexibility index (Phi) is 4.01. The molecule has 7 heteroatoms. The largest absolute Gasteiger partial charge is 0.339 e. The lowest BCUT2D eigenvalue weighted by molar-refractivity contribution is -0.131. The molecule has 136 valence electrons. The highest BCUT2D eigenvalue weighted by molar-refractivity contribution is 6.07. The zero-order valence-electron chi connectivity index (χ0n) is 15.0. The summed E-state index contributed by atoms with van der Waals surface area (Å²) in [5, 5.41) is 6.72. The summed E-state index contributed by atoms with van der Waals surface area (Å²) in [6.45, 7) is 3.78. The number of imide groups is 1. The number of fused-ring (bicyclic) bond motifs is 1. The molecule has 2 aliphatic rings. The smallest absolute Gasteiger partial charge is 0.325 e. The first-order valence-electron chi connectivity index (χ1n) is 9.09. The molecule has 1 atom stereocenters. The normalized spacial score (nSPS) is 22.0. The third kappa shape index (κ3) is 2.67. The van der Waals surface area contributed by atoms with E-state index in [9.17, 15) is 9.59 Å². The summed E-state index contributed by atoms with van der Waals surface area (Å²) < 4.78 is 5.14. The number of hydrogen-bond acceptors (Lipinski definition) is 5. The minimum Gasteiger partial charge on any atom is -0.339 e. The predicted octanol–water partition coefficient (Wildman–Crippen LogP) is 2.48. The van der Waals surface area contributed by atoms with Crippen LogP contribution in [-0.2, 0) is 36.1 Å². The minimum atomic E-state index is -1.06. The van der Waals surface area contributed by atoms with Crippen LogP contribution in [0.3, 0.4) is 0 Å². The maximum atomic E-state index is 13.0. The summed E-state index contributed by atoms with van der Waals surface area (Å²) in [6.07, 6.45) is 4.81. The molecule has 2 heterocycles. The molecular weight excluding hydrogens is 332 g/mol. The Hall–Kier alpha value is -2.70. The predicted molar refractivity (Wildman–Crippen MR) is 93.2 cm³/mol. The van der Waals surface area contributed by atoms with E-state index in [1.165, 1.54) is 11.1 Å². The van der Waals surface area contributed by atoms with E-state index in [0.29, 0.717) is 18.1 Å². The zero-order chi connectivity index (χ0) is 18.3. The number of aromatic nitrogens is 2. The zero-order valence-corrected chi connectivity index (χ0v) is 15.0. The maximum absolute atomic E-state index is 13.0. The number of carbonyl (C=O) groups excluding carboxylic acids is 2. The standard InChI is InChI=1S/C19H22N4O3/c1-3-5-16-20-15(22-26-16)11-23-17(24)19(2,21-18(23)25)14-9-8-12-6-4-7-13(12)10-14/h8-10H,3-7,11H2,1-2H3,(H,21,25). The Morgan fingerprint density at radius 2 is 2.08 bits per heavy atom. The number of urea groups is 1. The summed E-state index contributed by atoms with van der Waals surface area (Å²) in [5.41, 5.74) is 2.36. The van der Waals surface area contributed by atoms with Gasteiger partial charge in [-0.3, -0.25) is 9.69 Å². The number of carbonyl (C=O) groups is 2. The first-order valence-corrected chi connectivity index (χ1v) is 9.09. The monoisotopic (exact) mass is 354 g/mol. The topological polar surface area (TPSA) is 88.3 Å². The van der Waals surface area contributed by atoms with Crippen molar-refractivity contribution in [1.82, 2.24) is 20.4 Å². The van der Waals surface area contributed by atoms with Gasteiger partial charge in [0.15, 0.2) is 5.82 Å². The van der Waals surface area contributed by atoms with E-state index in [1.807, 2.05) is 13.0 Å². The van der Waals surface area contributed by atoms with Crippen LogP contribution in [-0.4, -0.2) is 27.0 Å². The highest BCUT2D eigenvalue weighted by Crippen LogP contribution is 2.33. The average molecular weight is 354 g/mol. The summed E-state index contributed by atoms with van der Waals surface area (Å²) in [5.74, 6) is 0.577. The highest BCUT2D eigenvalue weighted by Gasteiger charge is 2.49. The number of amides is 3. The molecule has 1 fully saturated rings. The Morgan fingerprint density at radius 3 is 2.88 bits per heavy atom. The molecular formula is C19H22N4O3. The molecule has 2 aromatic rings. The van der Waals surface area contributed by atoms with E-state index >= 15 is 0 Å². The van der Waals surface area contributed by atoms with Crippen LogP contribution in [0.15, 0.2) is 22.7 Å². The van der Waals surface area contributed by atoms with Crippen LogP contribution in [0.5, 0.6) is 0 Å². The van der Waals surface area contributed by atoms with Gasteiger partial charge in [-0.1, -0.05) is 30.3 Å². The first kappa shape index (κ1) is 16.8. The maximum Gasteiger partial charge on any atom is 0.325 e. The fraction of sp³-hybridized carbons (Fsp3) is 0.474. The number of nitrogens with zero attached hydrogens (tertiary/aromatic N) is 3. The van der Waals surface area contributed by atoms with E-state index < -0.39 is 11.6 Å². The van der Waals surface area contributed by atoms with Crippen molar-refractivity contribution in [2.24, 2.45) is 0 Å². The second-order valence-electron chi connectivity index (χ2n) is 7.14. The first-order chi connectivity index (χ1) is 12.5. The molecule has 7 nitrogen and oxygen atoms in total. The summed E-state index contributed by atoms with van der Waals surface area (Å²) in [6, 6.07) is 5.64. The molecule has 0 saturated carbocycles. The van der Waals surface area contributed by atoms with Crippen LogP contribution in [0, 0.1) is 0 Å². The van der Waals surface area contributed by atoms with Gasteiger partial charge in [-0.2, -0.15) is 4.98 Å². The molecule has 1 N–H and O–H groups in total. The molecule has 1 saturated heterocycles. The van der Waals surface area contributed by atoms with E-state index in [0.717, 1.165) is 36.1 Å². The second-order valence-corrected chi connectivity index (χ2v) is 7.14. The lowest BCUT2D eigenvalue weighted by Crippen LogP contribution is -2.41. The van der Waals surface area contributed by atoms with Crippen LogP contribution >= 0.6 is 0 Å². The third-order valence-corrected chi connectivity index (χ3v) is 5.22. The van der Waals surface area contributed by atoms with E-state index in [1.54, 1.807) is 6.92 Å². The molecule has 0 bridgehead atoms. The van der Waals surface area contributed by atoms with Gasteiger partial charge in [0.25, 0.3) is 5.91 Å². The van der Waals surface area contributed by atoms with Crippen LogP contribution in [0.25, 0.3) is 0 Å². The van der Waals surface area contributed by atoms with Crippen molar-refractivity contribution in [3.63, 3.8) is 0 Å². The van der Waals surface area contributed by atoms with Gasteiger partial charge in [0.2, 0.25) is 5.89 Å². The molecule has 1 aliphatic heterocycles. The molecule has 1 aromatic heterocycles. The van der Waals surface area contributed by atoms with Crippen molar-refractivity contribution in [1.29, 1.82) is 0 Å². The second kappa shape index (κ2) is 6.23. The molecule has 0 radical (unpaired) electrons. The van der Waals surface area contributed by atoms with Crippen molar-refractivity contribution >= 4 is 11.9 Å². The third-order valence-electron chi connectivity index (χ3n) is 5.22. The highest BCUT2D eigenvalue weighted by atomic mass is 16.5. The molecule has 1 aliphatic carbocycles. The van der Waals surface area contributed by atoms with Gasteiger partial charge < -0.3 is 9.84 Å². The Bertz CT molecular complexity index is 875. The fourth-order valence-electron chi connectivity index (χ4n) is 3.73. The van der Waals surface area contributed by atoms with Gasteiger partial charge in [-0.05, 0) is 49.3 Å². The average Bonchev–Trinajstić information content (AvgIpc) is 3.31. The van der Waals surface area contributed by atoms with Gasteiger partial charge in [-0.25, -0.2) is 4.79 Å². The Balaban J connectivity index is 1.57. The van der Waals surface area contributed by atoms with Gasteiger partial charge in [0, 0.05) is 6.42 Å². The number of benzene rings is 1. The number of nitrogens with one attached hydrogen (secondary N) is 1. The van der Waals surface area contributed by atoms with Crippen molar-refractivity contribution in [2.45, 2.75) is 58.0 Å². The van der Waals surface area contributed by atoms with Crippen LogP contribution in [0.4, 0.5) is 4.79 Å². The molecule has 1 unspecified atom stereocenters. The lowest BCUT2D eigenvalue weighted by Gasteiger charge is -2.23. The van der Waals surface area contributed by atoms with Crippen LogP contribution in [0.1, 0.15) is 55.1 Å². The Labute approximate surface area is 151 Å². The van der Waals surface area contributed by atoms with Gasteiger partial charge >= 0.3 is 6.03 Å². The van der Waals surface area contributed by atoms with Gasteiger partial charge in [-0.15, -0.1) is 0 Å². The van der Waals surface area contributed by atoms with E-state index in [4.69, 9.17) is 4.52 Å². The van der Waals surface area contributed by atoms with Crippen LogP contribution < -0.4 is 5.32 Å². The van der Waals surface area contributed by atoms with E-state index in [2.05, 4.69) is 27.6 Å². The molecule has 4 rings (SSSR count). The summed E-state index contributed by atoms with van der Waals surface area (Å²) in [4.78, 5) is 30.9. The van der Waals surface area contributed by atoms with Gasteiger partial charge in [0.1, 0.15) is 5.54 Å². The molecule has 0 spiro atoms. The Morgan fingerprint density at radius 1 is 1.27 bits per heavy atom. The van der Waals surface area contributed by atoms with Crippen molar-refractivity contribution in [3.05, 3.63) is 46.6 Å². The number of rotatable bonds is 5. The number of aryl methyl sites for hydroxylation is 3. The summed E-state index contributed by atoms with van der Waals surface area (Å²) in [7, 11) is 0. The fourth-order valence-corrected chi connectivity index (χ4v) is 3.73. The number of hydrogen-bond donors (Lipinski definition) is 1. The molecule has 26 heavy (non-hydrogen) atoms. The quantitative estimate of drug-likeness (QED) is 0.834. The van der Waals surface area contributed by atoms with Gasteiger partial charge in [0.05, 0.1) is 6.54 Å². The molecule has 3 amide bonds. The van der Waals surface area contributed by atoms with E-state index in [-0.39, 0.29) is 12.5 Å². The van der Waals surface area contributed by atoms with Crippen molar-refractivity contribution < 1.29 is 14.1 Å². The lowest BCUT2D eigenvalue weighted by atomic mass is 9.89. The summed E-state index contributed by atoms with van der Waals surface area (Å²) >= 11 is 0.